The second-order valence-corrected chi connectivity index (χ2v) is 21.9. The van der Waals surface area contributed by atoms with Gasteiger partial charge in [0, 0.05) is 6.42 Å². The zero-order chi connectivity index (χ0) is 50.8. The van der Waals surface area contributed by atoms with Crippen LogP contribution >= 0.6 is 0 Å². The molecule has 7 unspecified atom stereocenters. The van der Waals surface area contributed by atoms with E-state index in [0.717, 1.165) is 38.5 Å². The Morgan fingerprint density at radius 1 is 0.471 bits per heavy atom. The molecule has 0 radical (unpaired) electrons. The van der Waals surface area contributed by atoms with E-state index in [-0.39, 0.29) is 12.5 Å². The lowest BCUT2D eigenvalue weighted by Gasteiger charge is -2.40. The minimum absolute atomic E-state index is 0.171. The Kier molecular flexibility index (Phi) is 49.2. The van der Waals surface area contributed by atoms with E-state index in [1.54, 1.807) is 6.08 Å². The lowest BCUT2D eigenvalue weighted by atomic mass is 9.99. The number of rotatable bonds is 54. The van der Waals surface area contributed by atoms with Gasteiger partial charge in [0.2, 0.25) is 5.91 Å². The first-order valence-electron chi connectivity index (χ1n) is 30.9. The monoisotopic (exact) mass is 994 g/mol. The van der Waals surface area contributed by atoms with Crippen molar-refractivity contribution in [2.24, 2.45) is 0 Å². The maximum Gasteiger partial charge on any atom is 0.220 e. The summed E-state index contributed by atoms with van der Waals surface area (Å²) >= 11 is 0. The topological polar surface area (TPSA) is 149 Å². The molecular weight excluding hydrogens is 875 g/mol. The zero-order valence-electron chi connectivity index (χ0n) is 46.3. The van der Waals surface area contributed by atoms with Crippen LogP contribution in [0.25, 0.3) is 0 Å². The third-order valence-electron chi connectivity index (χ3n) is 15.1. The number of aliphatic hydroxyl groups is 5. The van der Waals surface area contributed by atoms with Crippen LogP contribution in [0.1, 0.15) is 316 Å². The number of ether oxygens (including phenoxy) is 2. The molecule has 1 aliphatic heterocycles. The van der Waals surface area contributed by atoms with Crippen LogP contribution in [0.5, 0.6) is 0 Å². The number of amides is 1. The lowest BCUT2D eigenvalue weighted by molar-refractivity contribution is -0.302. The molecule has 7 atom stereocenters. The van der Waals surface area contributed by atoms with Crippen LogP contribution in [0, 0.1) is 0 Å². The number of unbranched alkanes of at least 4 members (excludes halogenated alkanes) is 44. The van der Waals surface area contributed by atoms with E-state index in [2.05, 4.69) is 19.2 Å². The highest BCUT2D eigenvalue weighted by atomic mass is 16.7. The molecule has 1 amide bonds. The Labute approximate surface area is 433 Å². The SMILES string of the molecule is CCCCCCCCCCC/C=C/C(O)C(COC1OC(CO)C(O)C(O)C1O)NC(=O)CCCCCCCCCCCCCCCCCCCCCCCCCCCCCCCCCCCCCC. The predicted octanol–water partition coefficient (Wildman–Crippen LogP) is 15.6. The van der Waals surface area contributed by atoms with Crippen LogP contribution in [-0.2, 0) is 14.3 Å². The number of nitrogens with one attached hydrogen (secondary N) is 1. The van der Waals surface area contributed by atoms with Crippen LogP contribution in [0.4, 0.5) is 0 Å². The fourth-order valence-corrected chi connectivity index (χ4v) is 10.2. The van der Waals surface area contributed by atoms with Crippen molar-refractivity contribution in [2.75, 3.05) is 13.2 Å². The Bertz CT molecular complexity index is 1110. The van der Waals surface area contributed by atoms with Crippen molar-refractivity contribution in [1.82, 2.24) is 5.32 Å². The van der Waals surface area contributed by atoms with Gasteiger partial charge < -0.3 is 40.3 Å². The Hall–Kier alpha value is -1.07. The van der Waals surface area contributed by atoms with E-state index < -0.39 is 49.5 Å². The highest BCUT2D eigenvalue weighted by Gasteiger charge is 2.44. The molecule has 6 N–H and O–H groups in total. The van der Waals surface area contributed by atoms with E-state index in [1.807, 2.05) is 6.08 Å². The average molecular weight is 995 g/mol. The summed E-state index contributed by atoms with van der Waals surface area (Å²) in [5.74, 6) is -0.171. The van der Waals surface area contributed by atoms with Gasteiger partial charge in [0.05, 0.1) is 25.4 Å². The maximum absolute atomic E-state index is 13.0. The highest BCUT2D eigenvalue weighted by molar-refractivity contribution is 5.76. The summed E-state index contributed by atoms with van der Waals surface area (Å²) < 4.78 is 11.2. The van der Waals surface area contributed by atoms with Crippen molar-refractivity contribution < 1.29 is 39.8 Å². The number of carbonyl (C=O) groups is 1. The molecule has 0 spiro atoms. The first-order chi connectivity index (χ1) is 34.3. The van der Waals surface area contributed by atoms with Crippen LogP contribution in [0.15, 0.2) is 12.2 Å². The number of allylic oxidation sites excluding steroid dienone is 1. The molecule has 0 bridgehead atoms. The zero-order valence-corrected chi connectivity index (χ0v) is 46.3. The third kappa shape index (κ3) is 40.3. The molecule has 0 aliphatic carbocycles. The molecule has 0 aromatic carbocycles. The first kappa shape index (κ1) is 66.9. The van der Waals surface area contributed by atoms with Crippen molar-refractivity contribution in [2.45, 2.75) is 358 Å². The molecule has 0 saturated carbocycles. The van der Waals surface area contributed by atoms with E-state index in [4.69, 9.17) is 9.47 Å². The van der Waals surface area contributed by atoms with Crippen LogP contribution in [0.2, 0.25) is 0 Å². The summed E-state index contributed by atoms with van der Waals surface area (Å²) in [6, 6.07) is -0.799. The van der Waals surface area contributed by atoms with Crippen molar-refractivity contribution in [3.63, 3.8) is 0 Å². The summed E-state index contributed by atoms with van der Waals surface area (Å²) in [5, 5.41) is 54.3. The van der Waals surface area contributed by atoms with Crippen molar-refractivity contribution in [3.05, 3.63) is 12.2 Å². The van der Waals surface area contributed by atoms with Gasteiger partial charge in [-0.3, -0.25) is 4.79 Å². The molecule has 9 nitrogen and oxygen atoms in total. The molecule has 1 heterocycles. The number of hydrogen-bond donors (Lipinski definition) is 6. The summed E-state index contributed by atoms with van der Waals surface area (Å²) in [6.45, 7) is 3.79. The van der Waals surface area contributed by atoms with Gasteiger partial charge >= 0.3 is 0 Å². The predicted molar refractivity (Wildman–Crippen MR) is 295 cm³/mol. The normalized spacial score (nSPS) is 19.3. The van der Waals surface area contributed by atoms with Gasteiger partial charge in [0.25, 0.3) is 0 Å². The van der Waals surface area contributed by atoms with Crippen LogP contribution in [0.3, 0.4) is 0 Å². The largest absolute Gasteiger partial charge is 0.394 e. The summed E-state index contributed by atoms with van der Waals surface area (Å²) in [6.07, 6.45) is 57.6. The second kappa shape index (κ2) is 51.4. The maximum atomic E-state index is 13.0. The molecule has 1 aliphatic rings. The van der Waals surface area contributed by atoms with Crippen molar-refractivity contribution in [3.8, 4) is 0 Å². The van der Waals surface area contributed by atoms with Crippen LogP contribution < -0.4 is 5.32 Å². The van der Waals surface area contributed by atoms with Gasteiger partial charge in [-0.25, -0.2) is 0 Å². The molecule has 1 saturated heterocycles. The standard InChI is InChI=1S/C61H119NO8/c1-3-5-7-9-11-13-15-16-17-18-19-20-21-22-23-24-25-26-27-28-29-30-31-32-33-34-35-36-37-38-39-41-43-45-47-49-51-57(65)62-54(53-69-61-60(68)59(67)58(66)56(52-63)70-61)55(64)50-48-46-44-42-40-14-12-10-8-6-4-2/h48,50,54-56,58-61,63-64,66-68H,3-47,49,51-53H2,1-2H3,(H,62,65)/b50-48+. The lowest BCUT2D eigenvalue weighted by Crippen LogP contribution is -2.60. The summed E-state index contributed by atoms with van der Waals surface area (Å²) in [4.78, 5) is 13.0. The fourth-order valence-electron chi connectivity index (χ4n) is 10.2. The number of carbonyl (C=O) groups excluding carboxylic acids is 1. The summed E-state index contributed by atoms with van der Waals surface area (Å²) in [7, 11) is 0. The van der Waals surface area contributed by atoms with Crippen molar-refractivity contribution in [1.29, 1.82) is 0 Å². The molecule has 70 heavy (non-hydrogen) atoms. The quantitative estimate of drug-likeness (QED) is 0.0261. The molecule has 0 aromatic rings. The molecular formula is C61H119NO8. The van der Waals surface area contributed by atoms with E-state index in [9.17, 15) is 30.3 Å². The Morgan fingerprint density at radius 2 is 0.786 bits per heavy atom. The van der Waals surface area contributed by atoms with E-state index in [0.29, 0.717) is 6.42 Å². The van der Waals surface area contributed by atoms with Gasteiger partial charge in [-0.1, -0.05) is 302 Å². The smallest absolute Gasteiger partial charge is 0.220 e. The Morgan fingerprint density at radius 3 is 1.11 bits per heavy atom. The molecule has 0 aromatic heterocycles. The van der Waals surface area contributed by atoms with Crippen molar-refractivity contribution >= 4 is 5.91 Å². The van der Waals surface area contributed by atoms with Gasteiger partial charge in [0.15, 0.2) is 6.29 Å². The molecule has 9 heteroatoms. The molecule has 416 valence electrons. The molecule has 1 rings (SSSR count). The van der Waals surface area contributed by atoms with E-state index >= 15 is 0 Å². The van der Waals surface area contributed by atoms with Gasteiger partial charge in [-0.2, -0.15) is 0 Å². The fraction of sp³-hybridized carbons (Fsp3) is 0.951. The van der Waals surface area contributed by atoms with E-state index in [1.165, 1.54) is 257 Å². The van der Waals surface area contributed by atoms with Gasteiger partial charge in [0.1, 0.15) is 24.4 Å². The number of hydrogen-bond acceptors (Lipinski definition) is 8. The minimum Gasteiger partial charge on any atom is -0.394 e. The van der Waals surface area contributed by atoms with Gasteiger partial charge in [-0.05, 0) is 19.3 Å². The van der Waals surface area contributed by atoms with Crippen LogP contribution in [-0.4, -0.2) is 87.5 Å². The highest BCUT2D eigenvalue weighted by Crippen LogP contribution is 2.23. The summed E-state index contributed by atoms with van der Waals surface area (Å²) in [5.41, 5.74) is 0. The number of aliphatic hydroxyl groups excluding tert-OH is 5. The second-order valence-electron chi connectivity index (χ2n) is 21.9. The first-order valence-corrected chi connectivity index (χ1v) is 30.9. The Balaban J connectivity index is 2.02. The minimum atomic E-state index is -1.56. The average Bonchev–Trinajstić information content (AvgIpc) is 3.36. The molecule has 1 fully saturated rings. The van der Waals surface area contributed by atoms with Gasteiger partial charge in [-0.15, -0.1) is 0 Å². The third-order valence-corrected chi connectivity index (χ3v) is 15.1.